The number of nitrogens with zero attached hydrogens (tertiary/aromatic N) is 4. The molecule has 1 fully saturated rings. The summed E-state index contributed by atoms with van der Waals surface area (Å²) in [6, 6.07) is 10.3. The van der Waals surface area contributed by atoms with Gasteiger partial charge in [0.15, 0.2) is 11.4 Å². The van der Waals surface area contributed by atoms with Crippen LogP contribution in [0, 0.1) is 6.92 Å². The molecule has 0 unspecified atom stereocenters. The quantitative estimate of drug-likeness (QED) is 0.761. The second-order valence-corrected chi connectivity index (χ2v) is 7.42. The van der Waals surface area contributed by atoms with Crippen LogP contribution in [0.15, 0.2) is 34.9 Å². The van der Waals surface area contributed by atoms with Gasteiger partial charge in [-0.1, -0.05) is 35.5 Å². The highest BCUT2D eigenvalue weighted by Crippen LogP contribution is 2.24. The van der Waals surface area contributed by atoms with Crippen molar-refractivity contribution in [3.63, 3.8) is 0 Å². The standard InChI is InChI=1S/C20H28N4O3/c1-16-21-18(22-27-16)14-23(2)15-20(26)11-7-13-24(19(20)25)12-6-10-17-8-4-3-5-9-17/h3-5,8-9,26H,6-7,10-15H2,1-2H3/t20-/m0/s1. The first-order valence-electron chi connectivity index (χ1n) is 9.50. The van der Waals surface area contributed by atoms with Crippen molar-refractivity contribution in [1.29, 1.82) is 0 Å². The molecule has 1 aliphatic heterocycles. The van der Waals surface area contributed by atoms with E-state index < -0.39 is 5.60 Å². The van der Waals surface area contributed by atoms with Gasteiger partial charge in [0, 0.05) is 26.6 Å². The van der Waals surface area contributed by atoms with Crippen molar-refractivity contribution in [2.24, 2.45) is 0 Å². The maximum absolute atomic E-state index is 12.9. The fourth-order valence-corrected chi connectivity index (χ4v) is 3.69. The molecule has 1 N–H and O–H groups in total. The molecule has 0 radical (unpaired) electrons. The van der Waals surface area contributed by atoms with Gasteiger partial charge in [0.25, 0.3) is 5.91 Å². The van der Waals surface area contributed by atoms with Crippen molar-refractivity contribution >= 4 is 5.91 Å². The van der Waals surface area contributed by atoms with E-state index in [4.69, 9.17) is 4.52 Å². The summed E-state index contributed by atoms with van der Waals surface area (Å²) >= 11 is 0. The number of likely N-dealkylation sites (N-methyl/N-ethyl adjacent to an activating group) is 1. The van der Waals surface area contributed by atoms with Crippen LogP contribution in [0.2, 0.25) is 0 Å². The van der Waals surface area contributed by atoms with Gasteiger partial charge in [-0.15, -0.1) is 0 Å². The normalized spacial score (nSPS) is 20.4. The molecule has 1 saturated heterocycles. The van der Waals surface area contributed by atoms with E-state index in [1.165, 1.54) is 5.56 Å². The summed E-state index contributed by atoms with van der Waals surface area (Å²) < 4.78 is 4.97. The average molecular weight is 372 g/mol. The predicted molar refractivity (Wildman–Crippen MR) is 101 cm³/mol. The maximum atomic E-state index is 12.9. The Morgan fingerprint density at radius 1 is 1.33 bits per heavy atom. The fraction of sp³-hybridized carbons (Fsp3) is 0.550. The van der Waals surface area contributed by atoms with Crippen molar-refractivity contribution in [3.8, 4) is 0 Å². The molecule has 7 heteroatoms. The molecule has 1 atom stereocenters. The van der Waals surface area contributed by atoms with Gasteiger partial charge >= 0.3 is 0 Å². The molecule has 146 valence electrons. The third kappa shape index (κ3) is 5.14. The number of amides is 1. The van der Waals surface area contributed by atoms with Crippen LogP contribution >= 0.6 is 0 Å². The van der Waals surface area contributed by atoms with E-state index in [1.807, 2.05) is 30.1 Å². The largest absolute Gasteiger partial charge is 0.379 e. The minimum Gasteiger partial charge on any atom is -0.379 e. The second-order valence-electron chi connectivity index (χ2n) is 7.42. The minimum absolute atomic E-state index is 0.169. The number of aromatic nitrogens is 2. The number of rotatable bonds is 8. The SMILES string of the molecule is Cc1nc(CN(C)C[C@@]2(O)CCCN(CCCc3ccccc3)C2=O)no1. The number of benzene rings is 1. The molecule has 27 heavy (non-hydrogen) atoms. The summed E-state index contributed by atoms with van der Waals surface area (Å²) in [5, 5.41) is 14.9. The van der Waals surface area contributed by atoms with Gasteiger partial charge in [-0.05, 0) is 38.3 Å². The monoisotopic (exact) mass is 372 g/mol. The van der Waals surface area contributed by atoms with E-state index in [1.54, 1.807) is 11.8 Å². The van der Waals surface area contributed by atoms with Crippen molar-refractivity contribution < 1.29 is 14.4 Å². The van der Waals surface area contributed by atoms with Crippen LogP contribution in [0.4, 0.5) is 0 Å². The third-order valence-electron chi connectivity index (χ3n) is 4.95. The third-order valence-corrected chi connectivity index (χ3v) is 4.95. The first-order valence-corrected chi connectivity index (χ1v) is 9.50. The molecular weight excluding hydrogens is 344 g/mol. The lowest BCUT2D eigenvalue weighted by Gasteiger charge is -2.40. The minimum atomic E-state index is -1.35. The van der Waals surface area contributed by atoms with E-state index in [0.717, 1.165) is 19.3 Å². The molecule has 0 spiro atoms. The first kappa shape index (κ1) is 19.5. The molecule has 0 saturated carbocycles. The molecule has 0 aliphatic carbocycles. The maximum Gasteiger partial charge on any atom is 0.255 e. The topological polar surface area (TPSA) is 82.7 Å². The zero-order valence-electron chi connectivity index (χ0n) is 16.1. The Balaban J connectivity index is 1.52. The first-order chi connectivity index (χ1) is 13.0. The Kier molecular flexibility index (Phi) is 6.23. The molecule has 7 nitrogen and oxygen atoms in total. The molecule has 1 aromatic carbocycles. The molecular formula is C20H28N4O3. The van der Waals surface area contributed by atoms with Gasteiger partial charge < -0.3 is 14.5 Å². The van der Waals surface area contributed by atoms with Crippen molar-refractivity contribution in [1.82, 2.24) is 19.9 Å². The molecule has 1 amide bonds. The van der Waals surface area contributed by atoms with Crippen molar-refractivity contribution in [3.05, 3.63) is 47.6 Å². The highest BCUT2D eigenvalue weighted by molar-refractivity contribution is 5.86. The van der Waals surface area contributed by atoms with Crippen molar-refractivity contribution in [2.45, 2.75) is 44.8 Å². The Bertz CT molecular complexity index is 749. The number of hydrogen-bond acceptors (Lipinski definition) is 6. The highest BCUT2D eigenvalue weighted by atomic mass is 16.5. The van der Waals surface area contributed by atoms with Crippen LogP contribution in [0.3, 0.4) is 0 Å². The number of carbonyl (C=O) groups is 1. The van der Waals surface area contributed by atoms with Gasteiger partial charge in [0.1, 0.15) is 0 Å². The lowest BCUT2D eigenvalue weighted by Crippen LogP contribution is -2.58. The van der Waals surface area contributed by atoms with Crippen LogP contribution in [-0.4, -0.2) is 63.2 Å². The highest BCUT2D eigenvalue weighted by Gasteiger charge is 2.42. The van der Waals surface area contributed by atoms with Gasteiger partial charge in [-0.2, -0.15) is 4.98 Å². The van der Waals surface area contributed by atoms with E-state index >= 15 is 0 Å². The van der Waals surface area contributed by atoms with Crippen LogP contribution in [0.1, 0.15) is 36.5 Å². The molecule has 3 rings (SSSR count). The summed E-state index contributed by atoms with van der Waals surface area (Å²) in [6.45, 7) is 3.81. The Hall–Kier alpha value is -2.25. The Morgan fingerprint density at radius 3 is 2.81 bits per heavy atom. The average Bonchev–Trinajstić information content (AvgIpc) is 3.04. The summed E-state index contributed by atoms with van der Waals surface area (Å²) in [5.74, 6) is 0.898. The van der Waals surface area contributed by atoms with Crippen LogP contribution in [-0.2, 0) is 17.8 Å². The summed E-state index contributed by atoms with van der Waals surface area (Å²) in [6.07, 6.45) is 3.11. The smallest absolute Gasteiger partial charge is 0.255 e. The summed E-state index contributed by atoms with van der Waals surface area (Å²) in [4.78, 5) is 20.7. The number of carbonyl (C=O) groups excluding carboxylic acids is 1. The number of piperidine rings is 1. The van der Waals surface area contributed by atoms with Gasteiger partial charge in [-0.3, -0.25) is 9.69 Å². The zero-order chi connectivity index (χ0) is 19.3. The zero-order valence-corrected chi connectivity index (χ0v) is 16.1. The van der Waals surface area contributed by atoms with Gasteiger partial charge in [-0.25, -0.2) is 0 Å². The second kappa shape index (κ2) is 8.63. The van der Waals surface area contributed by atoms with Crippen LogP contribution in [0.25, 0.3) is 0 Å². The Morgan fingerprint density at radius 2 is 2.11 bits per heavy atom. The number of hydrogen-bond donors (Lipinski definition) is 1. The molecule has 2 heterocycles. The van der Waals surface area contributed by atoms with E-state index in [-0.39, 0.29) is 12.5 Å². The van der Waals surface area contributed by atoms with E-state index in [0.29, 0.717) is 37.8 Å². The van der Waals surface area contributed by atoms with Gasteiger partial charge in [0.2, 0.25) is 5.89 Å². The summed E-state index contributed by atoms with van der Waals surface area (Å²) in [5.41, 5.74) is -0.0780. The summed E-state index contributed by atoms with van der Waals surface area (Å²) in [7, 11) is 1.85. The predicted octanol–water partition coefficient (Wildman–Crippen LogP) is 1.80. The number of likely N-dealkylation sites (tertiary alicyclic amines) is 1. The van der Waals surface area contributed by atoms with Crippen LogP contribution < -0.4 is 0 Å². The molecule has 2 aromatic rings. The molecule has 1 aliphatic rings. The lowest BCUT2D eigenvalue weighted by atomic mass is 9.91. The number of aliphatic hydroxyl groups is 1. The lowest BCUT2D eigenvalue weighted by molar-refractivity contribution is -0.159. The van der Waals surface area contributed by atoms with E-state index in [9.17, 15) is 9.90 Å². The molecule has 0 bridgehead atoms. The fourth-order valence-electron chi connectivity index (χ4n) is 3.69. The number of aryl methyl sites for hydroxylation is 2. The van der Waals surface area contributed by atoms with E-state index in [2.05, 4.69) is 22.3 Å². The van der Waals surface area contributed by atoms with Gasteiger partial charge in [0.05, 0.1) is 6.54 Å². The van der Waals surface area contributed by atoms with Crippen LogP contribution in [0.5, 0.6) is 0 Å². The Labute approximate surface area is 160 Å². The van der Waals surface area contributed by atoms with Crippen molar-refractivity contribution in [2.75, 3.05) is 26.7 Å². The molecule has 1 aromatic heterocycles.